The molecule has 0 aliphatic rings. The van der Waals surface area contributed by atoms with Crippen LogP contribution in [0.5, 0.6) is 0 Å². The zero-order valence-electron chi connectivity index (χ0n) is 13.3. The zero-order valence-corrected chi connectivity index (χ0v) is 14.3. The highest BCUT2D eigenvalue weighted by Gasteiger charge is 2.26. The lowest BCUT2D eigenvalue weighted by atomic mass is 9.93. The number of hydrogen-bond acceptors (Lipinski definition) is 1. The van der Waals surface area contributed by atoms with Crippen molar-refractivity contribution < 1.29 is 5.11 Å². The summed E-state index contributed by atoms with van der Waals surface area (Å²) in [6, 6.07) is 1.17. The van der Waals surface area contributed by atoms with Gasteiger partial charge in [0.1, 0.15) is 0 Å². The van der Waals surface area contributed by atoms with Crippen LogP contribution in [0.25, 0.3) is 0 Å². The molecule has 0 amide bonds. The molecule has 0 radical (unpaired) electrons. The van der Waals surface area contributed by atoms with Gasteiger partial charge in [-0.15, -0.1) is 0 Å². The fraction of sp³-hybridized carbons (Fsp3) is 0.875. The number of rotatable bonds is 10. The van der Waals surface area contributed by atoms with Gasteiger partial charge in [-0.05, 0) is 19.4 Å². The van der Waals surface area contributed by atoms with E-state index in [4.69, 9.17) is 0 Å². The molecule has 108 valence electrons. The first kappa shape index (κ1) is 17.9. The van der Waals surface area contributed by atoms with Crippen LogP contribution in [0.4, 0.5) is 0 Å². The summed E-state index contributed by atoms with van der Waals surface area (Å²) in [5.41, 5.74) is 1.17. The predicted octanol–water partition coefficient (Wildman–Crippen LogP) is 5.24. The van der Waals surface area contributed by atoms with Crippen molar-refractivity contribution in [2.75, 3.05) is 0 Å². The van der Waals surface area contributed by atoms with E-state index in [0.717, 1.165) is 12.8 Å². The van der Waals surface area contributed by atoms with Crippen LogP contribution in [0.15, 0.2) is 12.2 Å². The fourth-order valence-corrected chi connectivity index (χ4v) is 4.40. The third-order valence-electron chi connectivity index (χ3n) is 3.53. The average Bonchev–Trinajstić information content (AvgIpc) is 2.24. The molecule has 2 atom stereocenters. The lowest BCUT2D eigenvalue weighted by Gasteiger charge is -2.29. The first-order chi connectivity index (χ1) is 8.28. The standard InChI is InChI=1S/C16H34OSi/c1-7-8-9-10-11-12-16(17)15(14(2)3)13-18(4,5)6/h15-17H,2,7-13H2,1,3-6H3. The number of unbranched alkanes of at least 4 members (excludes halogenated alkanes) is 4. The van der Waals surface area contributed by atoms with Gasteiger partial charge in [0, 0.05) is 14.0 Å². The number of aliphatic hydroxyl groups excluding tert-OH is 1. The van der Waals surface area contributed by atoms with Crippen molar-refractivity contribution in [3.63, 3.8) is 0 Å². The fourth-order valence-electron chi connectivity index (χ4n) is 2.46. The molecular formula is C16H34OSi. The van der Waals surface area contributed by atoms with Gasteiger partial charge in [-0.25, -0.2) is 0 Å². The zero-order chi connectivity index (χ0) is 14.2. The smallest absolute Gasteiger partial charge is 0.0602 e. The summed E-state index contributed by atoms with van der Waals surface area (Å²) in [5.74, 6) is 0.322. The monoisotopic (exact) mass is 270 g/mol. The Hall–Kier alpha value is -0.0831. The molecular weight excluding hydrogens is 236 g/mol. The van der Waals surface area contributed by atoms with Gasteiger partial charge in [-0.3, -0.25) is 0 Å². The summed E-state index contributed by atoms with van der Waals surface area (Å²) in [6.45, 7) is 15.5. The van der Waals surface area contributed by atoms with Crippen LogP contribution in [-0.2, 0) is 0 Å². The normalized spacial score (nSPS) is 15.4. The Morgan fingerprint density at radius 2 is 1.67 bits per heavy atom. The highest BCUT2D eigenvalue weighted by atomic mass is 28.3. The van der Waals surface area contributed by atoms with E-state index in [2.05, 4.69) is 40.1 Å². The summed E-state index contributed by atoms with van der Waals surface area (Å²) in [7, 11) is -1.13. The molecule has 0 aromatic rings. The van der Waals surface area contributed by atoms with Gasteiger partial charge in [0.15, 0.2) is 0 Å². The van der Waals surface area contributed by atoms with Gasteiger partial charge in [0.25, 0.3) is 0 Å². The van der Waals surface area contributed by atoms with Gasteiger partial charge in [-0.1, -0.05) is 70.8 Å². The van der Waals surface area contributed by atoms with E-state index in [9.17, 15) is 5.11 Å². The lowest BCUT2D eigenvalue weighted by Crippen LogP contribution is -2.31. The number of aliphatic hydroxyl groups is 1. The first-order valence-electron chi connectivity index (χ1n) is 7.61. The van der Waals surface area contributed by atoms with Crippen molar-refractivity contribution in [3.05, 3.63) is 12.2 Å². The van der Waals surface area contributed by atoms with Crippen molar-refractivity contribution in [2.24, 2.45) is 5.92 Å². The molecule has 1 N–H and O–H groups in total. The summed E-state index contributed by atoms with van der Waals surface area (Å²) in [6.07, 6.45) is 7.13. The van der Waals surface area contributed by atoms with Crippen LogP contribution in [0.1, 0.15) is 52.4 Å². The molecule has 2 heteroatoms. The highest BCUT2D eigenvalue weighted by molar-refractivity contribution is 6.76. The Kier molecular flexibility index (Phi) is 8.88. The second-order valence-electron chi connectivity index (χ2n) is 6.99. The Labute approximate surface area is 116 Å². The minimum Gasteiger partial charge on any atom is -0.393 e. The van der Waals surface area contributed by atoms with Crippen molar-refractivity contribution >= 4 is 8.07 Å². The molecule has 0 aromatic carbocycles. The maximum absolute atomic E-state index is 10.4. The Balaban J connectivity index is 4.07. The van der Waals surface area contributed by atoms with Gasteiger partial charge in [-0.2, -0.15) is 0 Å². The van der Waals surface area contributed by atoms with Crippen LogP contribution >= 0.6 is 0 Å². The summed E-state index contributed by atoms with van der Waals surface area (Å²) in [4.78, 5) is 0. The molecule has 0 aliphatic heterocycles. The lowest BCUT2D eigenvalue weighted by molar-refractivity contribution is 0.119. The molecule has 0 aliphatic carbocycles. The Morgan fingerprint density at radius 3 is 2.11 bits per heavy atom. The molecule has 0 rings (SSSR count). The second kappa shape index (κ2) is 8.92. The van der Waals surface area contributed by atoms with Crippen molar-refractivity contribution in [2.45, 2.75) is 84.2 Å². The average molecular weight is 271 g/mol. The van der Waals surface area contributed by atoms with Crippen molar-refractivity contribution in [1.82, 2.24) is 0 Å². The molecule has 0 spiro atoms. The largest absolute Gasteiger partial charge is 0.393 e. The van der Waals surface area contributed by atoms with Gasteiger partial charge >= 0.3 is 0 Å². The summed E-state index contributed by atoms with van der Waals surface area (Å²) < 4.78 is 0. The van der Waals surface area contributed by atoms with Crippen molar-refractivity contribution in [1.29, 1.82) is 0 Å². The van der Waals surface area contributed by atoms with E-state index in [-0.39, 0.29) is 6.10 Å². The van der Waals surface area contributed by atoms with Crippen molar-refractivity contribution in [3.8, 4) is 0 Å². The van der Waals surface area contributed by atoms with Crippen LogP contribution in [0, 0.1) is 5.92 Å². The molecule has 0 bridgehead atoms. The molecule has 0 heterocycles. The van der Waals surface area contributed by atoms with Crippen LogP contribution in [0.3, 0.4) is 0 Å². The van der Waals surface area contributed by atoms with Crippen LogP contribution in [0.2, 0.25) is 25.7 Å². The summed E-state index contributed by atoms with van der Waals surface area (Å²) >= 11 is 0. The molecule has 1 nitrogen and oxygen atoms in total. The maximum Gasteiger partial charge on any atom is 0.0602 e. The first-order valence-corrected chi connectivity index (χ1v) is 11.3. The van der Waals surface area contributed by atoms with E-state index >= 15 is 0 Å². The predicted molar refractivity (Wildman–Crippen MR) is 85.8 cm³/mol. The third kappa shape index (κ3) is 8.93. The second-order valence-corrected chi connectivity index (χ2v) is 12.5. The Morgan fingerprint density at radius 1 is 1.11 bits per heavy atom. The van der Waals surface area contributed by atoms with Gasteiger partial charge in [0.2, 0.25) is 0 Å². The van der Waals surface area contributed by atoms with E-state index < -0.39 is 8.07 Å². The van der Waals surface area contributed by atoms with E-state index in [1.165, 1.54) is 37.3 Å². The maximum atomic E-state index is 10.4. The molecule has 0 saturated heterocycles. The Bertz CT molecular complexity index is 230. The molecule has 0 saturated carbocycles. The molecule has 0 fully saturated rings. The highest BCUT2D eigenvalue weighted by Crippen LogP contribution is 2.28. The topological polar surface area (TPSA) is 20.2 Å². The minimum atomic E-state index is -1.13. The SMILES string of the molecule is C=C(C)C(C[Si](C)(C)C)C(O)CCCCCCC. The van der Waals surface area contributed by atoms with Crippen LogP contribution in [-0.4, -0.2) is 19.3 Å². The van der Waals surface area contributed by atoms with Gasteiger partial charge in [0.05, 0.1) is 6.10 Å². The number of hydrogen-bond donors (Lipinski definition) is 1. The summed E-state index contributed by atoms with van der Waals surface area (Å²) in [5, 5.41) is 10.4. The third-order valence-corrected chi connectivity index (χ3v) is 5.20. The van der Waals surface area contributed by atoms with E-state index in [1.54, 1.807) is 0 Å². The van der Waals surface area contributed by atoms with E-state index in [1.807, 2.05) is 0 Å². The quantitative estimate of drug-likeness (QED) is 0.327. The molecule has 0 aromatic heterocycles. The van der Waals surface area contributed by atoms with E-state index in [0.29, 0.717) is 5.92 Å². The van der Waals surface area contributed by atoms with Gasteiger partial charge < -0.3 is 5.11 Å². The molecule has 18 heavy (non-hydrogen) atoms. The minimum absolute atomic E-state index is 0.171. The molecule has 2 unspecified atom stereocenters. The van der Waals surface area contributed by atoms with Crippen LogP contribution < -0.4 is 0 Å².